The number of carbonyl (C=O) groups is 1. The fourth-order valence-electron chi connectivity index (χ4n) is 3.77. The van der Waals surface area contributed by atoms with Crippen molar-refractivity contribution >= 4 is 11.6 Å². The van der Waals surface area contributed by atoms with Gasteiger partial charge in [0.25, 0.3) is 0 Å². The summed E-state index contributed by atoms with van der Waals surface area (Å²) in [7, 11) is 0. The van der Waals surface area contributed by atoms with E-state index in [0.717, 1.165) is 63.5 Å². The molecule has 6 heteroatoms. The normalized spacial score (nSPS) is 24.9. The molecule has 1 spiro atoms. The fourth-order valence-corrected chi connectivity index (χ4v) is 3.77. The summed E-state index contributed by atoms with van der Waals surface area (Å²) in [6, 6.07) is 5.90. The van der Waals surface area contributed by atoms with Crippen LogP contribution in [-0.4, -0.2) is 51.7 Å². The van der Waals surface area contributed by atoms with Crippen molar-refractivity contribution in [3.8, 4) is 0 Å². The first-order valence-corrected chi connectivity index (χ1v) is 8.40. The average molecular weight is 314 g/mol. The van der Waals surface area contributed by atoms with Gasteiger partial charge in [-0.1, -0.05) is 6.07 Å². The van der Waals surface area contributed by atoms with Gasteiger partial charge < -0.3 is 9.64 Å². The zero-order valence-electron chi connectivity index (χ0n) is 13.3. The molecule has 1 unspecified atom stereocenters. The third-order valence-electron chi connectivity index (χ3n) is 5.15. The summed E-state index contributed by atoms with van der Waals surface area (Å²) in [6.45, 7) is 3.30. The number of aryl methyl sites for hydroxylation is 1. The molecular weight excluding hydrogens is 292 g/mol. The molecule has 0 saturated carbocycles. The third kappa shape index (κ3) is 2.83. The number of rotatable bonds is 4. The first-order chi connectivity index (χ1) is 11.3. The van der Waals surface area contributed by atoms with Crippen LogP contribution in [0.25, 0.3) is 5.65 Å². The second kappa shape index (κ2) is 5.92. The standard InChI is InChI=1S/C17H22N4O2/c22-16-6-7-17(8-11-23-13-17)12-20(16)9-3-5-15-19-18-14-4-1-2-10-21(14)15/h1-2,4,10H,3,5-9,11-13H2. The Labute approximate surface area is 135 Å². The van der Waals surface area contributed by atoms with Gasteiger partial charge in [0.15, 0.2) is 5.65 Å². The number of hydrogen-bond acceptors (Lipinski definition) is 4. The maximum absolute atomic E-state index is 12.2. The highest BCUT2D eigenvalue weighted by molar-refractivity contribution is 5.77. The number of nitrogens with zero attached hydrogens (tertiary/aromatic N) is 4. The van der Waals surface area contributed by atoms with Gasteiger partial charge in [0.1, 0.15) is 5.82 Å². The van der Waals surface area contributed by atoms with E-state index >= 15 is 0 Å². The number of amides is 1. The minimum atomic E-state index is 0.218. The van der Waals surface area contributed by atoms with Crippen LogP contribution in [0.5, 0.6) is 0 Å². The van der Waals surface area contributed by atoms with Gasteiger partial charge in [-0.2, -0.15) is 0 Å². The van der Waals surface area contributed by atoms with E-state index in [0.29, 0.717) is 6.42 Å². The molecule has 2 fully saturated rings. The van der Waals surface area contributed by atoms with Gasteiger partial charge >= 0.3 is 0 Å². The summed E-state index contributed by atoms with van der Waals surface area (Å²) in [5.74, 6) is 1.25. The summed E-state index contributed by atoms with van der Waals surface area (Å²) in [5.41, 5.74) is 1.09. The SMILES string of the molecule is O=C1CCC2(CCOC2)CN1CCCc1nnc2ccccn12. The van der Waals surface area contributed by atoms with Crippen molar-refractivity contribution in [3.63, 3.8) is 0 Å². The van der Waals surface area contributed by atoms with Crippen molar-refractivity contribution in [3.05, 3.63) is 30.2 Å². The lowest BCUT2D eigenvalue weighted by atomic mass is 9.79. The highest BCUT2D eigenvalue weighted by Crippen LogP contribution is 2.38. The van der Waals surface area contributed by atoms with Crippen molar-refractivity contribution in [1.82, 2.24) is 19.5 Å². The maximum Gasteiger partial charge on any atom is 0.222 e. The smallest absolute Gasteiger partial charge is 0.222 e. The largest absolute Gasteiger partial charge is 0.381 e. The van der Waals surface area contributed by atoms with Crippen LogP contribution >= 0.6 is 0 Å². The topological polar surface area (TPSA) is 59.7 Å². The lowest BCUT2D eigenvalue weighted by molar-refractivity contribution is -0.137. The van der Waals surface area contributed by atoms with Crippen molar-refractivity contribution < 1.29 is 9.53 Å². The van der Waals surface area contributed by atoms with Crippen molar-refractivity contribution in [2.24, 2.45) is 5.41 Å². The zero-order chi connectivity index (χ0) is 15.7. The molecule has 1 atom stereocenters. The molecule has 2 aromatic rings. The lowest BCUT2D eigenvalue weighted by Gasteiger charge is -2.39. The van der Waals surface area contributed by atoms with E-state index in [1.165, 1.54) is 0 Å². The Bertz CT molecular complexity index is 705. The molecule has 2 aliphatic rings. The summed E-state index contributed by atoms with van der Waals surface area (Å²) in [5, 5.41) is 8.43. The van der Waals surface area contributed by atoms with Crippen LogP contribution in [-0.2, 0) is 16.0 Å². The molecular formula is C17H22N4O2. The van der Waals surface area contributed by atoms with Gasteiger partial charge in [0, 0.05) is 44.1 Å². The van der Waals surface area contributed by atoms with Crippen molar-refractivity contribution in [1.29, 1.82) is 0 Å². The van der Waals surface area contributed by atoms with E-state index in [1.807, 2.05) is 33.7 Å². The minimum Gasteiger partial charge on any atom is -0.381 e. The summed E-state index contributed by atoms with van der Waals surface area (Å²) >= 11 is 0. The number of ether oxygens (including phenoxy) is 1. The molecule has 4 rings (SSSR count). The van der Waals surface area contributed by atoms with Crippen LogP contribution in [0, 0.1) is 5.41 Å². The number of fused-ring (bicyclic) bond motifs is 1. The quantitative estimate of drug-likeness (QED) is 0.862. The summed E-state index contributed by atoms with van der Waals surface area (Å²) in [6.07, 6.45) is 6.47. The molecule has 2 aromatic heterocycles. The number of likely N-dealkylation sites (tertiary alicyclic amines) is 1. The molecule has 6 nitrogen and oxygen atoms in total. The van der Waals surface area contributed by atoms with E-state index < -0.39 is 0 Å². The van der Waals surface area contributed by atoms with E-state index in [4.69, 9.17) is 4.74 Å². The van der Waals surface area contributed by atoms with Gasteiger partial charge in [0.05, 0.1) is 6.61 Å². The van der Waals surface area contributed by atoms with Crippen LogP contribution in [0.1, 0.15) is 31.5 Å². The van der Waals surface area contributed by atoms with Crippen LogP contribution in [0.3, 0.4) is 0 Å². The van der Waals surface area contributed by atoms with Crippen molar-refractivity contribution in [2.75, 3.05) is 26.3 Å². The Kier molecular flexibility index (Phi) is 3.77. The fraction of sp³-hybridized carbons (Fsp3) is 0.588. The van der Waals surface area contributed by atoms with Crippen molar-refractivity contribution in [2.45, 2.75) is 32.1 Å². The van der Waals surface area contributed by atoms with Gasteiger partial charge in [-0.15, -0.1) is 10.2 Å². The Morgan fingerprint density at radius 1 is 1.26 bits per heavy atom. The molecule has 2 aliphatic heterocycles. The predicted octanol–water partition coefficient (Wildman–Crippen LogP) is 1.69. The number of aromatic nitrogens is 3. The van der Waals surface area contributed by atoms with Gasteiger partial charge in [-0.3, -0.25) is 9.20 Å². The van der Waals surface area contributed by atoms with Gasteiger partial charge in [-0.05, 0) is 31.4 Å². The third-order valence-corrected chi connectivity index (χ3v) is 5.15. The molecule has 0 aromatic carbocycles. The molecule has 4 heterocycles. The zero-order valence-corrected chi connectivity index (χ0v) is 13.3. The first kappa shape index (κ1) is 14.6. The van der Waals surface area contributed by atoms with E-state index in [2.05, 4.69) is 10.2 Å². The Morgan fingerprint density at radius 2 is 2.22 bits per heavy atom. The summed E-state index contributed by atoms with van der Waals surface area (Å²) in [4.78, 5) is 14.2. The number of piperidine rings is 1. The first-order valence-electron chi connectivity index (χ1n) is 8.40. The molecule has 0 N–H and O–H groups in total. The lowest BCUT2D eigenvalue weighted by Crippen LogP contribution is -2.47. The van der Waals surface area contributed by atoms with Crippen LogP contribution < -0.4 is 0 Å². The molecule has 0 bridgehead atoms. The second-order valence-electron chi connectivity index (χ2n) is 6.77. The molecule has 0 aliphatic carbocycles. The highest BCUT2D eigenvalue weighted by Gasteiger charge is 2.41. The highest BCUT2D eigenvalue weighted by atomic mass is 16.5. The van der Waals surface area contributed by atoms with E-state index in [-0.39, 0.29) is 11.3 Å². The van der Waals surface area contributed by atoms with Gasteiger partial charge in [0.2, 0.25) is 5.91 Å². The van der Waals surface area contributed by atoms with Crippen LogP contribution in [0.4, 0.5) is 0 Å². The van der Waals surface area contributed by atoms with Crippen LogP contribution in [0.2, 0.25) is 0 Å². The second-order valence-corrected chi connectivity index (χ2v) is 6.77. The average Bonchev–Trinajstić information content (AvgIpc) is 3.19. The molecule has 2 saturated heterocycles. The monoisotopic (exact) mass is 314 g/mol. The van der Waals surface area contributed by atoms with Gasteiger partial charge in [-0.25, -0.2) is 0 Å². The molecule has 1 amide bonds. The number of carbonyl (C=O) groups excluding carboxylic acids is 1. The van der Waals surface area contributed by atoms with Crippen LogP contribution in [0.15, 0.2) is 24.4 Å². The Hall–Kier alpha value is -1.95. The Morgan fingerprint density at radius 3 is 3.09 bits per heavy atom. The molecule has 0 radical (unpaired) electrons. The number of hydrogen-bond donors (Lipinski definition) is 0. The van der Waals surface area contributed by atoms with E-state index in [9.17, 15) is 4.79 Å². The number of pyridine rings is 1. The summed E-state index contributed by atoms with van der Waals surface area (Å²) < 4.78 is 7.59. The minimum absolute atomic E-state index is 0.218. The molecule has 23 heavy (non-hydrogen) atoms. The Balaban J connectivity index is 1.37. The van der Waals surface area contributed by atoms with E-state index in [1.54, 1.807) is 0 Å². The molecule has 122 valence electrons. The predicted molar refractivity (Wildman–Crippen MR) is 85.0 cm³/mol. The maximum atomic E-state index is 12.2.